The van der Waals surface area contributed by atoms with E-state index >= 15 is 0 Å². The Bertz CT molecular complexity index is 3540. The van der Waals surface area contributed by atoms with E-state index in [0.29, 0.717) is 0 Å². The number of hydrogen-bond donors (Lipinski definition) is 0. The largest absolute Gasteiger partial charge is 0.456 e. The first-order valence-electron chi connectivity index (χ1n) is 21.2. The van der Waals surface area contributed by atoms with E-state index in [1.807, 2.05) is 17.4 Å². The van der Waals surface area contributed by atoms with Crippen LogP contribution in [0.3, 0.4) is 0 Å². The molecule has 0 saturated carbocycles. The number of rotatable bonds is 5. The third-order valence-electron chi connectivity index (χ3n) is 13.7. The normalized spacial score (nSPS) is 14.3. The molecule has 13 rings (SSSR count). The molecule has 0 amide bonds. The van der Waals surface area contributed by atoms with Crippen LogP contribution in [-0.4, -0.2) is 0 Å². The van der Waals surface area contributed by atoms with Crippen LogP contribution in [0.2, 0.25) is 0 Å². The Morgan fingerprint density at radius 3 is 1.75 bits per heavy atom. The predicted molar refractivity (Wildman–Crippen MR) is 256 cm³/mol. The van der Waals surface area contributed by atoms with Crippen molar-refractivity contribution in [3.05, 3.63) is 234 Å². The minimum absolute atomic E-state index is 0.197. The third-order valence-corrected chi connectivity index (χ3v) is 14.8. The minimum atomic E-state index is -0.436. The summed E-state index contributed by atoms with van der Waals surface area (Å²) >= 11 is 1.89. The van der Waals surface area contributed by atoms with Gasteiger partial charge in [0.15, 0.2) is 0 Å². The van der Waals surface area contributed by atoms with Crippen LogP contribution in [0.5, 0.6) is 0 Å². The smallest absolute Gasteiger partial charge is 0.135 e. The SMILES string of the molecule is CC1(C)c2ccccc2-c2cccc(N(c3ccc4c(c3)sc3cc(C5(c6ccccc6)c6ccccc6-c6ccccc65)ccc34)c3ccc4oc5ccccc5c4c3)c21. The number of nitrogens with zero attached hydrogens (tertiary/aromatic N) is 1. The number of hydrogen-bond acceptors (Lipinski definition) is 3. The van der Waals surface area contributed by atoms with Crippen molar-refractivity contribution in [3.63, 3.8) is 0 Å². The fraction of sp³-hybridized carbons (Fsp3) is 0.0690. The number of benzene rings is 9. The average Bonchev–Trinajstić information content (AvgIpc) is 4.02. The third kappa shape index (κ3) is 4.73. The van der Waals surface area contributed by atoms with Crippen molar-refractivity contribution in [2.45, 2.75) is 24.7 Å². The highest BCUT2D eigenvalue weighted by Crippen LogP contribution is 2.58. The van der Waals surface area contributed by atoms with Gasteiger partial charge in [-0.05, 0) is 104 Å². The molecule has 2 heterocycles. The summed E-state index contributed by atoms with van der Waals surface area (Å²) in [5, 5.41) is 4.81. The van der Waals surface area contributed by atoms with Crippen molar-refractivity contribution in [1.29, 1.82) is 0 Å². The fourth-order valence-corrected chi connectivity index (χ4v) is 12.3. The number of thiophene rings is 1. The van der Waals surface area contributed by atoms with Crippen LogP contribution in [0.4, 0.5) is 17.1 Å². The Hall–Kier alpha value is -7.20. The van der Waals surface area contributed by atoms with Gasteiger partial charge in [0.1, 0.15) is 11.2 Å². The molecule has 0 atom stereocenters. The molecular weight excluding hydrogens is 759 g/mol. The monoisotopic (exact) mass is 797 g/mol. The van der Waals surface area contributed by atoms with Crippen molar-refractivity contribution in [3.8, 4) is 22.3 Å². The van der Waals surface area contributed by atoms with Crippen molar-refractivity contribution in [2.75, 3.05) is 4.90 Å². The molecule has 0 spiro atoms. The van der Waals surface area contributed by atoms with Gasteiger partial charge in [-0.25, -0.2) is 0 Å². The molecule has 2 aromatic heterocycles. The van der Waals surface area contributed by atoms with E-state index in [1.54, 1.807) is 0 Å². The summed E-state index contributed by atoms with van der Waals surface area (Å²) in [5.41, 5.74) is 17.8. The molecule has 0 unspecified atom stereocenters. The Morgan fingerprint density at radius 2 is 0.984 bits per heavy atom. The topological polar surface area (TPSA) is 16.4 Å². The quantitative estimate of drug-likeness (QED) is 0.172. The maximum Gasteiger partial charge on any atom is 0.135 e. The van der Waals surface area contributed by atoms with E-state index in [4.69, 9.17) is 4.42 Å². The molecule has 9 aromatic carbocycles. The molecule has 11 aromatic rings. The van der Waals surface area contributed by atoms with Gasteiger partial charge in [0.25, 0.3) is 0 Å². The van der Waals surface area contributed by atoms with Gasteiger partial charge in [0.2, 0.25) is 0 Å². The lowest BCUT2D eigenvalue weighted by Gasteiger charge is -2.33. The Balaban J connectivity index is 1.03. The van der Waals surface area contributed by atoms with Crippen LogP contribution in [0.25, 0.3) is 64.4 Å². The van der Waals surface area contributed by atoms with Crippen LogP contribution in [0.1, 0.15) is 47.2 Å². The number of fused-ring (bicyclic) bond motifs is 12. The fourth-order valence-electron chi connectivity index (χ4n) is 11.1. The molecule has 0 N–H and O–H groups in total. The van der Waals surface area contributed by atoms with Crippen molar-refractivity contribution in [1.82, 2.24) is 0 Å². The molecule has 3 heteroatoms. The van der Waals surface area contributed by atoms with E-state index in [2.05, 4.69) is 213 Å². The summed E-state index contributed by atoms with van der Waals surface area (Å²) in [5.74, 6) is 0. The average molecular weight is 798 g/mol. The maximum absolute atomic E-state index is 6.34. The number of furan rings is 1. The van der Waals surface area contributed by atoms with E-state index in [0.717, 1.165) is 33.3 Å². The highest BCUT2D eigenvalue weighted by atomic mass is 32.1. The predicted octanol–water partition coefficient (Wildman–Crippen LogP) is 16.1. The van der Waals surface area contributed by atoms with Gasteiger partial charge < -0.3 is 9.32 Å². The van der Waals surface area contributed by atoms with Gasteiger partial charge in [0.05, 0.1) is 11.1 Å². The van der Waals surface area contributed by atoms with Crippen LogP contribution in [0, 0.1) is 0 Å². The summed E-state index contributed by atoms with van der Waals surface area (Å²) in [6, 6.07) is 74.2. The molecular formula is C58H39NOS. The Labute approximate surface area is 358 Å². The number of para-hydroxylation sites is 1. The van der Waals surface area contributed by atoms with Gasteiger partial charge in [-0.1, -0.05) is 166 Å². The molecule has 2 nitrogen and oxygen atoms in total. The van der Waals surface area contributed by atoms with Gasteiger partial charge in [0, 0.05) is 47.7 Å². The van der Waals surface area contributed by atoms with Crippen LogP contribution in [0.15, 0.2) is 205 Å². The zero-order valence-electron chi connectivity index (χ0n) is 33.8. The van der Waals surface area contributed by atoms with E-state index < -0.39 is 5.41 Å². The maximum atomic E-state index is 6.34. The second kappa shape index (κ2) is 12.7. The molecule has 0 fully saturated rings. The van der Waals surface area contributed by atoms with Gasteiger partial charge in [-0.3, -0.25) is 0 Å². The van der Waals surface area contributed by atoms with Crippen LogP contribution >= 0.6 is 11.3 Å². The molecule has 61 heavy (non-hydrogen) atoms. The highest BCUT2D eigenvalue weighted by Gasteiger charge is 2.46. The van der Waals surface area contributed by atoms with Crippen molar-refractivity contribution >= 4 is 70.5 Å². The zero-order valence-corrected chi connectivity index (χ0v) is 34.6. The first kappa shape index (κ1) is 34.6. The summed E-state index contributed by atoms with van der Waals surface area (Å²) in [4.78, 5) is 2.49. The molecule has 0 radical (unpaired) electrons. The first-order valence-corrected chi connectivity index (χ1v) is 22.0. The lowest BCUT2D eigenvalue weighted by molar-refractivity contribution is 0.660. The molecule has 2 aliphatic rings. The molecule has 0 aliphatic heterocycles. The molecule has 2 aliphatic carbocycles. The first-order chi connectivity index (χ1) is 30.0. The number of anilines is 3. The van der Waals surface area contributed by atoms with Crippen LogP contribution < -0.4 is 4.90 Å². The Morgan fingerprint density at radius 1 is 0.410 bits per heavy atom. The lowest BCUT2D eigenvalue weighted by Crippen LogP contribution is -2.28. The van der Waals surface area contributed by atoms with Crippen molar-refractivity contribution in [2.24, 2.45) is 0 Å². The summed E-state index contributed by atoms with van der Waals surface area (Å²) in [6.45, 7) is 4.75. The van der Waals surface area contributed by atoms with Crippen molar-refractivity contribution < 1.29 is 4.42 Å². The second-order valence-electron chi connectivity index (χ2n) is 17.2. The van der Waals surface area contributed by atoms with Gasteiger partial charge in [-0.15, -0.1) is 11.3 Å². The van der Waals surface area contributed by atoms with Crippen LogP contribution in [-0.2, 0) is 10.8 Å². The molecule has 0 bridgehead atoms. The highest BCUT2D eigenvalue weighted by molar-refractivity contribution is 7.25. The van der Waals surface area contributed by atoms with E-state index in [1.165, 1.54) is 81.5 Å². The van der Waals surface area contributed by atoms with Gasteiger partial charge >= 0.3 is 0 Å². The second-order valence-corrected chi connectivity index (χ2v) is 18.3. The standard InChI is InChI=1S/C58H39NOS/c1-57(2)48-22-10-6-19-42(48)46-21-14-25-51(56(46)57)59(38-29-32-53-47(34-38)43-20-9-13-26-52(43)60-53)39-28-31-45-44-30-27-37(33-54(44)61-55(45)35-39)58(36-15-4-3-5-16-36)49-23-11-7-17-40(49)41-18-8-12-24-50(41)58/h3-35H,1-2H3. The molecule has 0 saturated heterocycles. The Kier molecular flexibility index (Phi) is 7.19. The molecule has 288 valence electrons. The van der Waals surface area contributed by atoms with Gasteiger partial charge in [-0.2, -0.15) is 0 Å². The van der Waals surface area contributed by atoms with E-state index in [9.17, 15) is 0 Å². The summed E-state index contributed by atoms with van der Waals surface area (Å²) in [6.07, 6.45) is 0. The minimum Gasteiger partial charge on any atom is -0.456 e. The summed E-state index contributed by atoms with van der Waals surface area (Å²) < 4.78 is 8.90. The zero-order chi connectivity index (χ0) is 40.5. The summed E-state index contributed by atoms with van der Waals surface area (Å²) in [7, 11) is 0. The van der Waals surface area contributed by atoms with E-state index in [-0.39, 0.29) is 5.41 Å². The lowest BCUT2D eigenvalue weighted by atomic mass is 9.67.